The minimum atomic E-state index is -0.0550. The van der Waals surface area contributed by atoms with Crippen LogP contribution in [0.2, 0.25) is 0 Å². The molecule has 7 nitrogen and oxygen atoms in total. The third-order valence-corrected chi connectivity index (χ3v) is 6.71. The molecule has 8 heteroatoms. The Morgan fingerprint density at radius 1 is 1.16 bits per heavy atom. The van der Waals surface area contributed by atoms with Gasteiger partial charge in [0.1, 0.15) is 17.2 Å². The minimum absolute atomic E-state index is 0.0461. The van der Waals surface area contributed by atoms with Gasteiger partial charge in [0.25, 0.3) is 5.91 Å². The van der Waals surface area contributed by atoms with Crippen LogP contribution in [0, 0.1) is 20.8 Å². The van der Waals surface area contributed by atoms with E-state index >= 15 is 0 Å². The molecule has 1 N–H and O–H groups in total. The second-order valence-electron chi connectivity index (χ2n) is 7.99. The predicted molar refractivity (Wildman–Crippen MR) is 122 cm³/mol. The first-order valence-electron chi connectivity index (χ1n) is 10.4. The van der Waals surface area contributed by atoms with Crippen molar-refractivity contribution in [3.63, 3.8) is 0 Å². The second-order valence-corrected chi connectivity index (χ2v) is 9.19. The van der Waals surface area contributed by atoms with Gasteiger partial charge in [-0.25, -0.2) is 15.0 Å². The first kappa shape index (κ1) is 19.7. The van der Waals surface area contributed by atoms with Gasteiger partial charge < -0.3 is 14.6 Å². The number of imidazole rings is 1. The number of nitrogens with one attached hydrogen (secondary N) is 1. The maximum Gasteiger partial charge on any atom is 0.274 e. The van der Waals surface area contributed by atoms with Crippen molar-refractivity contribution < 1.29 is 4.79 Å². The van der Waals surface area contributed by atoms with Crippen molar-refractivity contribution in [1.29, 1.82) is 0 Å². The number of aryl methyl sites for hydroxylation is 3. The predicted octanol–water partition coefficient (Wildman–Crippen LogP) is 4.83. The highest BCUT2D eigenvalue weighted by atomic mass is 32.1. The first-order valence-corrected chi connectivity index (χ1v) is 11.2. The van der Waals surface area contributed by atoms with Crippen molar-refractivity contribution in [2.24, 2.45) is 0 Å². The van der Waals surface area contributed by atoms with Gasteiger partial charge in [0.05, 0.1) is 17.4 Å². The van der Waals surface area contributed by atoms with Gasteiger partial charge in [-0.2, -0.15) is 0 Å². The summed E-state index contributed by atoms with van der Waals surface area (Å²) in [5.41, 5.74) is 4.30. The lowest BCUT2D eigenvalue weighted by atomic mass is 10.1. The molecule has 31 heavy (non-hydrogen) atoms. The quantitative estimate of drug-likeness (QED) is 0.500. The summed E-state index contributed by atoms with van der Waals surface area (Å²) >= 11 is 1.62. The molecule has 0 unspecified atom stereocenters. The minimum Gasteiger partial charge on any atom is -0.329 e. The molecule has 1 atom stereocenters. The van der Waals surface area contributed by atoms with Crippen LogP contribution >= 0.6 is 11.3 Å². The Hall–Kier alpha value is -3.26. The Morgan fingerprint density at radius 3 is 2.84 bits per heavy atom. The van der Waals surface area contributed by atoms with Crippen molar-refractivity contribution in [1.82, 2.24) is 24.3 Å². The highest BCUT2D eigenvalue weighted by molar-refractivity contribution is 7.15. The van der Waals surface area contributed by atoms with E-state index in [1.54, 1.807) is 11.3 Å². The zero-order valence-corrected chi connectivity index (χ0v) is 18.6. The number of anilines is 2. The number of likely N-dealkylation sites (tertiary alicyclic amines) is 1. The summed E-state index contributed by atoms with van der Waals surface area (Å²) < 4.78 is 1.89. The molecule has 4 aromatic rings. The molecule has 0 spiro atoms. The molecule has 0 aliphatic carbocycles. The third-order valence-electron chi connectivity index (χ3n) is 5.72. The van der Waals surface area contributed by atoms with Gasteiger partial charge in [-0.05, 0) is 63.4 Å². The average Bonchev–Trinajstić information content (AvgIpc) is 3.46. The van der Waals surface area contributed by atoms with Crippen molar-refractivity contribution in [2.75, 3.05) is 11.9 Å². The molecule has 1 amide bonds. The fourth-order valence-electron chi connectivity index (χ4n) is 3.99. The maximum atomic E-state index is 13.3. The molecule has 1 fully saturated rings. The number of amides is 1. The lowest BCUT2D eigenvalue weighted by molar-refractivity contribution is 0.0727. The molecule has 0 aromatic carbocycles. The Bertz CT molecular complexity index is 1260. The fourth-order valence-corrected chi connectivity index (χ4v) is 4.82. The van der Waals surface area contributed by atoms with E-state index in [0.717, 1.165) is 46.4 Å². The summed E-state index contributed by atoms with van der Waals surface area (Å²) in [6.45, 7) is 6.79. The van der Waals surface area contributed by atoms with Gasteiger partial charge in [0, 0.05) is 23.8 Å². The van der Waals surface area contributed by atoms with E-state index in [9.17, 15) is 4.79 Å². The van der Waals surface area contributed by atoms with E-state index in [-0.39, 0.29) is 11.9 Å². The Kier molecular flexibility index (Phi) is 4.94. The van der Waals surface area contributed by atoms with Crippen LogP contribution in [0.3, 0.4) is 0 Å². The van der Waals surface area contributed by atoms with Crippen molar-refractivity contribution in [3.05, 3.63) is 70.2 Å². The topological polar surface area (TPSA) is 75.4 Å². The molecule has 1 aliphatic heterocycles. The number of rotatable bonds is 4. The summed E-state index contributed by atoms with van der Waals surface area (Å²) in [7, 11) is 0. The van der Waals surface area contributed by atoms with Crippen molar-refractivity contribution in [3.8, 4) is 0 Å². The van der Waals surface area contributed by atoms with Gasteiger partial charge in [-0.1, -0.05) is 6.07 Å². The van der Waals surface area contributed by atoms with Crippen LogP contribution in [0.4, 0.5) is 10.9 Å². The molecule has 0 saturated carbocycles. The number of thiazole rings is 1. The van der Waals surface area contributed by atoms with E-state index < -0.39 is 0 Å². The van der Waals surface area contributed by atoms with Crippen LogP contribution < -0.4 is 5.32 Å². The normalized spacial score (nSPS) is 16.2. The lowest BCUT2D eigenvalue weighted by Gasteiger charge is -2.23. The van der Waals surface area contributed by atoms with Crippen LogP contribution in [0.25, 0.3) is 5.65 Å². The van der Waals surface area contributed by atoms with E-state index in [2.05, 4.69) is 22.2 Å². The Balaban J connectivity index is 1.39. The van der Waals surface area contributed by atoms with Gasteiger partial charge in [0.2, 0.25) is 0 Å². The standard InChI is InChI=1S/C23H24N6OS/c1-14-9-11-28-13-18(26-21(28)12-14)22(30)29-10-5-7-19(29)17-6-4-8-20(25-17)27-23-24-15(2)16(3)31-23/h4,6,8-9,11-13,19H,5,7,10H2,1-3H3,(H,24,25,27)/t19-/m1/s1. The van der Waals surface area contributed by atoms with E-state index in [1.807, 2.05) is 65.9 Å². The molecule has 158 valence electrons. The molecule has 0 bridgehead atoms. The largest absolute Gasteiger partial charge is 0.329 e. The number of nitrogens with zero attached hydrogens (tertiary/aromatic N) is 5. The summed E-state index contributed by atoms with van der Waals surface area (Å²) in [6, 6.07) is 9.84. The van der Waals surface area contributed by atoms with Crippen LogP contribution in [0.1, 0.15) is 51.2 Å². The zero-order chi connectivity index (χ0) is 21.5. The molecule has 0 radical (unpaired) electrons. The molecule has 1 aliphatic rings. The van der Waals surface area contributed by atoms with Crippen LogP contribution in [-0.2, 0) is 0 Å². The number of pyridine rings is 2. The number of hydrogen-bond acceptors (Lipinski definition) is 6. The zero-order valence-electron chi connectivity index (χ0n) is 17.8. The lowest BCUT2D eigenvalue weighted by Crippen LogP contribution is -2.31. The Labute approximate surface area is 184 Å². The molecule has 1 saturated heterocycles. The van der Waals surface area contributed by atoms with Gasteiger partial charge in [0.15, 0.2) is 5.13 Å². The Morgan fingerprint density at radius 2 is 2.03 bits per heavy atom. The maximum absolute atomic E-state index is 13.3. The monoisotopic (exact) mass is 432 g/mol. The van der Waals surface area contributed by atoms with Crippen LogP contribution in [0.5, 0.6) is 0 Å². The van der Waals surface area contributed by atoms with E-state index in [4.69, 9.17) is 4.98 Å². The molecular formula is C23H24N6OS. The summed E-state index contributed by atoms with van der Waals surface area (Å²) in [4.78, 5) is 30.3. The van der Waals surface area contributed by atoms with Crippen molar-refractivity contribution in [2.45, 2.75) is 39.7 Å². The van der Waals surface area contributed by atoms with Gasteiger partial charge in [-0.3, -0.25) is 4.79 Å². The third kappa shape index (κ3) is 3.79. The van der Waals surface area contributed by atoms with Gasteiger partial charge in [-0.15, -0.1) is 11.3 Å². The van der Waals surface area contributed by atoms with E-state index in [1.165, 1.54) is 4.88 Å². The highest BCUT2D eigenvalue weighted by Crippen LogP contribution is 2.33. The van der Waals surface area contributed by atoms with Crippen LogP contribution in [0.15, 0.2) is 42.7 Å². The number of carbonyl (C=O) groups is 1. The molecule has 5 heterocycles. The number of carbonyl (C=O) groups excluding carboxylic acids is 1. The smallest absolute Gasteiger partial charge is 0.274 e. The SMILES string of the molecule is Cc1ccn2cc(C(=O)N3CCC[C@@H]3c3cccc(Nc4nc(C)c(C)s4)n3)nc2c1. The van der Waals surface area contributed by atoms with Crippen molar-refractivity contribution >= 4 is 33.8 Å². The van der Waals surface area contributed by atoms with Gasteiger partial charge >= 0.3 is 0 Å². The number of hydrogen-bond donors (Lipinski definition) is 1. The highest BCUT2D eigenvalue weighted by Gasteiger charge is 2.32. The summed E-state index contributed by atoms with van der Waals surface area (Å²) in [6.07, 6.45) is 5.59. The number of fused-ring (bicyclic) bond motifs is 1. The molecular weight excluding hydrogens is 408 g/mol. The number of aromatic nitrogens is 4. The average molecular weight is 433 g/mol. The molecule has 4 aromatic heterocycles. The van der Waals surface area contributed by atoms with E-state index in [0.29, 0.717) is 12.2 Å². The fraction of sp³-hybridized carbons (Fsp3) is 0.304. The van der Waals surface area contributed by atoms with Crippen LogP contribution in [-0.4, -0.2) is 36.7 Å². The summed E-state index contributed by atoms with van der Waals surface area (Å²) in [5.74, 6) is 0.698. The molecule has 5 rings (SSSR count). The first-order chi connectivity index (χ1) is 15.0. The summed E-state index contributed by atoms with van der Waals surface area (Å²) in [5, 5.41) is 4.14. The second kappa shape index (κ2) is 7.77.